The van der Waals surface area contributed by atoms with Crippen LogP contribution in [0.4, 0.5) is 0 Å². The number of likely N-dealkylation sites (tertiary alicyclic amines) is 1. The zero-order chi connectivity index (χ0) is 19.4. The van der Waals surface area contributed by atoms with Gasteiger partial charge in [-0.1, -0.05) is 5.21 Å². The summed E-state index contributed by atoms with van der Waals surface area (Å²) in [6.07, 6.45) is 2.80. The summed E-state index contributed by atoms with van der Waals surface area (Å²) in [7, 11) is 1.69. The van der Waals surface area contributed by atoms with Gasteiger partial charge in [-0.05, 0) is 33.3 Å². The van der Waals surface area contributed by atoms with E-state index in [9.17, 15) is 4.79 Å². The fraction of sp³-hybridized carbons (Fsp3) is 0.632. The molecule has 1 fully saturated rings. The molecule has 2 aromatic rings. The molecule has 2 aromatic heterocycles. The maximum absolute atomic E-state index is 13.0. The van der Waals surface area contributed by atoms with Crippen LogP contribution >= 0.6 is 0 Å². The van der Waals surface area contributed by atoms with Crippen LogP contribution in [0.25, 0.3) is 0 Å². The van der Waals surface area contributed by atoms with Gasteiger partial charge in [0.2, 0.25) is 0 Å². The largest absolute Gasteiger partial charge is 0.383 e. The van der Waals surface area contributed by atoms with Crippen LogP contribution in [0.1, 0.15) is 46.8 Å². The second-order valence-electron chi connectivity index (χ2n) is 6.95. The molecule has 27 heavy (non-hydrogen) atoms. The lowest BCUT2D eigenvalue weighted by molar-refractivity contribution is 0.0786. The van der Waals surface area contributed by atoms with E-state index in [0.29, 0.717) is 26.4 Å². The molecule has 1 amide bonds. The minimum absolute atomic E-state index is 0.0870. The smallest absolute Gasteiger partial charge is 0.255 e. The number of amides is 1. The van der Waals surface area contributed by atoms with Crippen molar-refractivity contribution >= 4 is 5.91 Å². The molecule has 3 heterocycles. The van der Waals surface area contributed by atoms with Crippen LogP contribution < -0.4 is 0 Å². The monoisotopic (exact) mass is 375 g/mol. The van der Waals surface area contributed by atoms with E-state index in [1.54, 1.807) is 7.11 Å². The van der Waals surface area contributed by atoms with Crippen LogP contribution in [0.15, 0.2) is 12.3 Å². The number of carbonyl (C=O) groups is 1. The molecule has 0 aliphatic carbocycles. The van der Waals surface area contributed by atoms with Crippen LogP contribution in [0, 0.1) is 13.8 Å². The fourth-order valence-corrected chi connectivity index (χ4v) is 3.62. The molecule has 1 atom stereocenters. The van der Waals surface area contributed by atoms with Gasteiger partial charge < -0.3 is 18.9 Å². The molecule has 1 unspecified atom stereocenters. The summed E-state index contributed by atoms with van der Waals surface area (Å²) in [5.41, 5.74) is 3.68. The van der Waals surface area contributed by atoms with Crippen molar-refractivity contribution in [1.29, 1.82) is 0 Å². The molecular formula is C19H29N5O3. The van der Waals surface area contributed by atoms with Crippen molar-refractivity contribution in [2.24, 2.45) is 0 Å². The third kappa shape index (κ3) is 4.22. The Bertz CT molecular complexity index is 782. The summed E-state index contributed by atoms with van der Waals surface area (Å²) in [5, 5.41) is 8.37. The Labute approximate surface area is 160 Å². The van der Waals surface area contributed by atoms with Gasteiger partial charge in [0.15, 0.2) is 0 Å². The lowest BCUT2D eigenvalue weighted by atomic mass is 10.2. The Morgan fingerprint density at radius 2 is 2.19 bits per heavy atom. The number of carbonyl (C=O) groups excluding carboxylic acids is 1. The lowest BCUT2D eigenvalue weighted by Crippen LogP contribution is -2.29. The van der Waals surface area contributed by atoms with Crippen molar-refractivity contribution in [3.05, 3.63) is 34.9 Å². The van der Waals surface area contributed by atoms with Gasteiger partial charge in [-0.15, -0.1) is 5.10 Å². The summed E-state index contributed by atoms with van der Waals surface area (Å²) in [6, 6.07) is 2.14. The standard InChI is InChI=1S/C19H29N5O3/c1-5-27-13-16-11-24(21-20-16)17-6-7-22(12-17)19(25)18-10-14(2)23(15(18)3)8-9-26-4/h10-11,17H,5-9,12-13H2,1-4H3. The quantitative estimate of drug-likeness (QED) is 0.705. The number of hydrogen-bond acceptors (Lipinski definition) is 5. The average Bonchev–Trinajstić information content (AvgIpc) is 3.37. The second kappa shape index (κ2) is 8.67. The van der Waals surface area contributed by atoms with Gasteiger partial charge in [-0.25, -0.2) is 4.68 Å². The molecule has 0 spiro atoms. The minimum Gasteiger partial charge on any atom is -0.383 e. The SMILES string of the molecule is CCOCc1cn(C2CCN(C(=O)c3cc(C)n(CCOC)c3C)C2)nn1. The van der Waals surface area contributed by atoms with Crippen LogP contribution in [-0.2, 0) is 22.6 Å². The Morgan fingerprint density at radius 3 is 2.93 bits per heavy atom. The molecule has 0 radical (unpaired) electrons. The van der Waals surface area contributed by atoms with Gasteiger partial charge >= 0.3 is 0 Å². The Hall–Kier alpha value is -2.19. The second-order valence-corrected chi connectivity index (χ2v) is 6.95. The van der Waals surface area contributed by atoms with Gasteiger partial charge in [0.25, 0.3) is 5.91 Å². The number of rotatable bonds is 8. The van der Waals surface area contributed by atoms with Crippen molar-refractivity contribution in [3.63, 3.8) is 0 Å². The first kappa shape index (κ1) is 19.6. The van der Waals surface area contributed by atoms with Crippen molar-refractivity contribution in [3.8, 4) is 0 Å². The third-order valence-corrected chi connectivity index (χ3v) is 5.16. The maximum atomic E-state index is 13.0. The highest BCUT2D eigenvalue weighted by molar-refractivity contribution is 5.96. The van der Waals surface area contributed by atoms with E-state index < -0.39 is 0 Å². The predicted octanol–water partition coefficient (Wildman–Crippen LogP) is 1.97. The molecular weight excluding hydrogens is 346 g/mol. The Morgan fingerprint density at radius 1 is 1.37 bits per heavy atom. The lowest BCUT2D eigenvalue weighted by Gasteiger charge is -2.17. The van der Waals surface area contributed by atoms with Gasteiger partial charge in [-0.3, -0.25) is 4.79 Å². The molecule has 0 N–H and O–H groups in total. The van der Waals surface area contributed by atoms with E-state index in [-0.39, 0.29) is 11.9 Å². The van der Waals surface area contributed by atoms with Gasteiger partial charge in [0, 0.05) is 44.7 Å². The van der Waals surface area contributed by atoms with Gasteiger partial charge in [0.1, 0.15) is 5.69 Å². The fourth-order valence-electron chi connectivity index (χ4n) is 3.62. The summed E-state index contributed by atoms with van der Waals surface area (Å²) >= 11 is 0. The Kier molecular flexibility index (Phi) is 6.28. The van der Waals surface area contributed by atoms with Crippen LogP contribution in [0.5, 0.6) is 0 Å². The maximum Gasteiger partial charge on any atom is 0.255 e. The number of aromatic nitrogens is 4. The van der Waals surface area contributed by atoms with Gasteiger partial charge in [-0.2, -0.15) is 0 Å². The minimum atomic E-state index is 0.0870. The number of aryl methyl sites for hydroxylation is 1. The molecule has 3 rings (SSSR count). The molecule has 1 aliphatic heterocycles. The molecule has 0 saturated carbocycles. The zero-order valence-electron chi connectivity index (χ0n) is 16.6. The zero-order valence-corrected chi connectivity index (χ0v) is 16.6. The molecule has 1 saturated heterocycles. The summed E-state index contributed by atoms with van der Waals surface area (Å²) in [6.45, 7) is 9.88. The number of methoxy groups -OCH3 is 1. The van der Waals surface area contributed by atoms with E-state index in [2.05, 4.69) is 14.9 Å². The molecule has 8 heteroatoms. The van der Waals surface area contributed by atoms with Crippen LogP contribution in [0.3, 0.4) is 0 Å². The first-order chi connectivity index (χ1) is 13.0. The van der Waals surface area contributed by atoms with E-state index >= 15 is 0 Å². The first-order valence-corrected chi connectivity index (χ1v) is 9.48. The normalized spacial score (nSPS) is 17.0. The van der Waals surface area contributed by atoms with E-state index in [0.717, 1.165) is 42.2 Å². The first-order valence-electron chi connectivity index (χ1n) is 9.48. The molecule has 0 bridgehead atoms. The molecule has 148 valence electrons. The highest BCUT2D eigenvalue weighted by atomic mass is 16.5. The number of hydrogen-bond donors (Lipinski definition) is 0. The highest BCUT2D eigenvalue weighted by Gasteiger charge is 2.30. The summed E-state index contributed by atoms with van der Waals surface area (Å²) in [4.78, 5) is 15.0. The molecule has 0 aromatic carbocycles. The van der Waals surface area contributed by atoms with Crippen LogP contribution in [-0.4, -0.2) is 63.8 Å². The number of nitrogens with zero attached hydrogens (tertiary/aromatic N) is 5. The molecule has 8 nitrogen and oxygen atoms in total. The van der Waals surface area contributed by atoms with Crippen molar-refractivity contribution in [2.75, 3.05) is 33.4 Å². The van der Waals surface area contributed by atoms with Crippen molar-refractivity contribution in [2.45, 2.75) is 46.4 Å². The molecule has 1 aliphatic rings. The average molecular weight is 375 g/mol. The summed E-state index contributed by atoms with van der Waals surface area (Å²) < 4.78 is 14.6. The van der Waals surface area contributed by atoms with Crippen molar-refractivity contribution < 1.29 is 14.3 Å². The predicted molar refractivity (Wildman–Crippen MR) is 101 cm³/mol. The highest BCUT2D eigenvalue weighted by Crippen LogP contribution is 2.25. The van der Waals surface area contributed by atoms with E-state index in [4.69, 9.17) is 9.47 Å². The van der Waals surface area contributed by atoms with E-state index in [1.807, 2.05) is 42.6 Å². The van der Waals surface area contributed by atoms with Crippen LogP contribution in [0.2, 0.25) is 0 Å². The van der Waals surface area contributed by atoms with Gasteiger partial charge in [0.05, 0.1) is 31.0 Å². The Balaban J connectivity index is 1.66. The van der Waals surface area contributed by atoms with E-state index in [1.165, 1.54) is 0 Å². The van der Waals surface area contributed by atoms with Crippen molar-refractivity contribution in [1.82, 2.24) is 24.5 Å². The number of ether oxygens (including phenoxy) is 2. The summed E-state index contributed by atoms with van der Waals surface area (Å²) in [5.74, 6) is 0.0870. The third-order valence-electron chi connectivity index (χ3n) is 5.16. The topological polar surface area (TPSA) is 74.4 Å².